The second-order valence-electron chi connectivity index (χ2n) is 5.16. The first-order valence-corrected chi connectivity index (χ1v) is 7.22. The number of benzene rings is 1. The molecular weight excluding hydrogens is 234 g/mol. The van der Waals surface area contributed by atoms with E-state index in [4.69, 9.17) is 4.74 Å². The van der Waals surface area contributed by atoms with Gasteiger partial charge in [0.25, 0.3) is 0 Å². The van der Waals surface area contributed by atoms with E-state index in [1.807, 2.05) is 0 Å². The van der Waals surface area contributed by atoms with Gasteiger partial charge in [-0.1, -0.05) is 36.4 Å². The molecule has 1 aliphatic heterocycles. The molecule has 2 heteroatoms. The number of hydrogen-bond acceptors (Lipinski definition) is 2. The van der Waals surface area contributed by atoms with Gasteiger partial charge in [0.05, 0.1) is 13.2 Å². The van der Waals surface area contributed by atoms with Gasteiger partial charge in [-0.3, -0.25) is 0 Å². The zero-order valence-corrected chi connectivity index (χ0v) is 11.3. The number of rotatable bonds is 2. The topological polar surface area (TPSA) is 12.5 Å². The van der Waals surface area contributed by atoms with Gasteiger partial charge in [0.1, 0.15) is 0 Å². The second kappa shape index (κ2) is 6.07. The summed E-state index contributed by atoms with van der Waals surface area (Å²) in [6, 6.07) is 10.6. The molecule has 0 bridgehead atoms. The van der Waals surface area contributed by atoms with Crippen molar-refractivity contribution < 1.29 is 4.74 Å². The molecule has 3 rings (SSSR count). The first kappa shape index (κ1) is 12.5. The molecule has 0 N–H and O–H groups in total. The van der Waals surface area contributed by atoms with Gasteiger partial charge >= 0.3 is 0 Å². The third kappa shape index (κ3) is 3.07. The lowest BCUT2D eigenvalue weighted by atomic mass is 9.95. The summed E-state index contributed by atoms with van der Waals surface area (Å²) in [5.41, 5.74) is 4.23. The van der Waals surface area contributed by atoms with Gasteiger partial charge in [-0.2, -0.15) is 0 Å². The van der Waals surface area contributed by atoms with E-state index in [1.54, 1.807) is 0 Å². The fourth-order valence-electron chi connectivity index (χ4n) is 2.82. The van der Waals surface area contributed by atoms with Gasteiger partial charge in [0, 0.05) is 18.8 Å². The Morgan fingerprint density at radius 3 is 2.63 bits per heavy atom. The van der Waals surface area contributed by atoms with E-state index >= 15 is 0 Å². The highest BCUT2D eigenvalue weighted by molar-refractivity contribution is 5.58. The van der Waals surface area contributed by atoms with Crippen LogP contribution in [0.4, 0.5) is 0 Å². The summed E-state index contributed by atoms with van der Waals surface area (Å²) in [5, 5.41) is 0. The third-order valence-electron chi connectivity index (χ3n) is 3.81. The molecule has 1 saturated heterocycles. The maximum atomic E-state index is 5.46. The van der Waals surface area contributed by atoms with Crippen LogP contribution in [0.5, 0.6) is 0 Å². The van der Waals surface area contributed by atoms with Crippen molar-refractivity contribution in [1.82, 2.24) is 4.90 Å². The Kier molecular flexibility index (Phi) is 3.99. The number of nitrogens with zero attached hydrogens (tertiary/aromatic N) is 1. The van der Waals surface area contributed by atoms with Crippen molar-refractivity contribution in [3.05, 3.63) is 53.2 Å². The second-order valence-corrected chi connectivity index (χ2v) is 5.16. The Labute approximate surface area is 115 Å². The van der Waals surface area contributed by atoms with Crippen molar-refractivity contribution in [3.8, 4) is 0 Å². The van der Waals surface area contributed by atoms with Crippen LogP contribution >= 0.6 is 0 Å². The van der Waals surface area contributed by atoms with Gasteiger partial charge < -0.3 is 9.64 Å². The molecule has 2 aliphatic rings. The van der Waals surface area contributed by atoms with Gasteiger partial charge in [-0.25, -0.2) is 0 Å². The van der Waals surface area contributed by atoms with Crippen molar-refractivity contribution >= 4 is 6.08 Å². The molecule has 0 radical (unpaired) electrons. The zero-order valence-electron chi connectivity index (χ0n) is 11.3. The molecule has 1 heterocycles. The first-order valence-electron chi connectivity index (χ1n) is 7.22. The summed E-state index contributed by atoms with van der Waals surface area (Å²) in [4.78, 5) is 2.48. The number of allylic oxidation sites excluding steroid dienone is 2. The minimum Gasteiger partial charge on any atom is -0.378 e. The van der Waals surface area contributed by atoms with E-state index in [0.717, 1.165) is 26.3 Å². The molecule has 100 valence electrons. The molecule has 0 saturated carbocycles. The number of morpholine rings is 1. The fourth-order valence-corrected chi connectivity index (χ4v) is 2.82. The van der Waals surface area contributed by atoms with E-state index in [0.29, 0.717) is 0 Å². The molecule has 0 aromatic heterocycles. The van der Waals surface area contributed by atoms with E-state index in [9.17, 15) is 0 Å². The fraction of sp³-hybridized carbons (Fsp3) is 0.412. The summed E-state index contributed by atoms with van der Waals surface area (Å²) >= 11 is 0. The van der Waals surface area contributed by atoms with Crippen molar-refractivity contribution in [3.63, 3.8) is 0 Å². The standard InChI is InChI=1S/C17H21NO/c1-2-6-15(7-3-1)14-16-8-4-5-9-17(16)18-10-12-19-13-11-18/h1-3,6-7,9,14H,4-5,8,10-13H2/b16-14-. The monoisotopic (exact) mass is 255 g/mol. The number of ether oxygens (including phenoxy) is 1. The lowest BCUT2D eigenvalue weighted by molar-refractivity contribution is 0.0542. The Morgan fingerprint density at radius 2 is 1.84 bits per heavy atom. The van der Waals surface area contributed by atoms with E-state index < -0.39 is 0 Å². The molecule has 0 unspecified atom stereocenters. The van der Waals surface area contributed by atoms with Gasteiger partial charge in [-0.05, 0) is 36.5 Å². The Morgan fingerprint density at radius 1 is 1.05 bits per heavy atom. The summed E-state index contributed by atoms with van der Waals surface area (Å²) in [6.07, 6.45) is 8.42. The Balaban J connectivity index is 1.84. The molecule has 1 aromatic carbocycles. The maximum absolute atomic E-state index is 5.46. The predicted octanol–water partition coefficient (Wildman–Crippen LogP) is 3.47. The molecule has 1 fully saturated rings. The zero-order chi connectivity index (χ0) is 12.9. The van der Waals surface area contributed by atoms with Crippen LogP contribution in [0.1, 0.15) is 24.8 Å². The summed E-state index contributed by atoms with van der Waals surface area (Å²) in [6.45, 7) is 3.77. The van der Waals surface area contributed by atoms with Crippen LogP contribution in [0.2, 0.25) is 0 Å². The minimum absolute atomic E-state index is 0.857. The lowest BCUT2D eigenvalue weighted by Crippen LogP contribution is -2.36. The quantitative estimate of drug-likeness (QED) is 0.802. The van der Waals surface area contributed by atoms with Crippen molar-refractivity contribution in [1.29, 1.82) is 0 Å². The smallest absolute Gasteiger partial charge is 0.0642 e. The van der Waals surface area contributed by atoms with Crippen LogP contribution < -0.4 is 0 Å². The van der Waals surface area contributed by atoms with Gasteiger partial charge in [-0.15, -0.1) is 0 Å². The average molecular weight is 255 g/mol. The van der Waals surface area contributed by atoms with Crippen LogP contribution in [-0.2, 0) is 4.74 Å². The highest BCUT2D eigenvalue weighted by Crippen LogP contribution is 2.29. The van der Waals surface area contributed by atoms with Crippen LogP contribution in [0.25, 0.3) is 6.08 Å². The predicted molar refractivity (Wildman–Crippen MR) is 78.7 cm³/mol. The highest BCUT2D eigenvalue weighted by atomic mass is 16.5. The van der Waals surface area contributed by atoms with Crippen LogP contribution in [0, 0.1) is 0 Å². The van der Waals surface area contributed by atoms with Crippen molar-refractivity contribution in [2.24, 2.45) is 0 Å². The average Bonchev–Trinajstić information content (AvgIpc) is 2.50. The molecule has 0 spiro atoms. The molecule has 2 nitrogen and oxygen atoms in total. The van der Waals surface area contributed by atoms with E-state index in [1.165, 1.54) is 36.1 Å². The van der Waals surface area contributed by atoms with Crippen LogP contribution in [-0.4, -0.2) is 31.2 Å². The largest absolute Gasteiger partial charge is 0.378 e. The molecule has 19 heavy (non-hydrogen) atoms. The third-order valence-corrected chi connectivity index (χ3v) is 3.81. The van der Waals surface area contributed by atoms with E-state index in [2.05, 4.69) is 47.4 Å². The van der Waals surface area contributed by atoms with Crippen LogP contribution in [0.3, 0.4) is 0 Å². The first-order chi connectivity index (χ1) is 9.43. The minimum atomic E-state index is 0.857. The summed E-state index contributed by atoms with van der Waals surface area (Å²) < 4.78 is 5.46. The lowest BCUT2D eigenvalue weighted by Gasteiger charge is -2.34. The molecular formula is C17H21NO. The maximum Gasteiger partial charge on any atom is 0.0642 e. The van der Waals surface area contributed by atoms with Crippen molar-refractivity contribution in [2.45, 2.75) is 19.3 Å². The van der Waals surface area contributed by atoms with Gasteiger partial charge in [0.2, 0.25) is 0 Å². The molecule has 1 aromatic rings. The number of hydrogen-bond donors (Lipinski definition) is 0. The summed E-state index contributed by atoms with van der Waals surface area (Å²) in [5.74, 6) is 0. The van der Waals surface area contributed by atoms with Gasteiger partial charge in [0.15, 0.2) is 0 Å². The Hall–Kier alpha value is -1.54. The van der Waals surface area contributed by atoms with Crippen LogP contribution in [0.15, 0.2) is 47.7 Å². The summed E-state index contributed by atoms with van der Waals surface area (Å²) in [7, 11) is 0. The molecule has 1 aliphatic carbocycles. The normalized spacial score (nSPS) is 22.4. The van der Waals surface area contributed by atoms with E-state index in [-0.39, 0.29) is 0 Å². The highest BCUT2D eigenvalue weighted by Gasteiger charge is 2.18. The molecule has 0 atom stereocenters. The van der Waals surface area contributed by atoms with Crippen molar-refractivity contribution in [2.75, 3.05) is 26.3 Å². The molecule has 0 amide bonds. The SMILES string of the molecule is C1=C(N2CCOCC2)/C(=C\c2ccccc2)CCC1. The Bertz CT molecular complexity index is 469.